The molecule has 0 aliphatic rings. The molecule has 0 atom stereocenters. The molecule has 0 spiro atoms. The maximum atomic E-state index is 10.8. The fourth-order valence-electron chi connectivity index (χ4n) is 0.960. The summed E-state index contributed by atoms with van der Waals surface area (Å²) in [5.74, 6) is -0.202. The van der Waals surface area contributed by atoms with Crippen LogP contribution in [0.15, 0.2) is 17.3 Å². The van der Waals surface area contributed by atoms with Crippen LogP contribution in [-0.4, -0.2) is 40.7 Å². The van der Waals surface area contributed by atoms with Crippen LogP contribution in [0.3, 0.4) is 0 Å². The predicted octanol–water partition coefficient (Wildman–Crippen LogP) is 1.30. The van der Waals surface area contributed by atoms with E-state index in [0.29, 0.717) is 11.6 Å². The third kappa shape index (κ3) is 3.85. The third-order valence-electron chi connectivity index (χ3n) is 1.65. The summed E-state index contributed by atoms with van der Waals surface area (Å²) < 4.78 is 4.89. The van der Waals surface area contributed by atoms with E-state index in [9.17, 15) is 4.79 Å². The number of hydrogen-bond donors (Lipinski definition) is 1. The van der Waals surface area contributed by atoms with Crippen molar-refractivity contribution in [3.05, 3.63) is 17.8 Å². The van der Waals surface area contributed by atoms with E-state index in [1.807, 2.05) is 0 Å². The van der Waals surface area contributed by atoms with Crippen molar-refractivity contribution in [3.63, 3.8) is 0 Å². The normalized spacial score (nSPS) is 10.2. The number of carboxylic acids is 1. The van der Waals surface area contributed by atoms with Crippen LogP contribution in [-0.2, 0) is 4.74 Å². The zero-order valence-corrected chi connectivity index (χ0v) is 9.16. The zero-order valence-electron chi connectivity index (χ0n) is 8.34. The first-order valence-electron chi connectivity index (χ1n) is 4.42. The largest absolute Gasteiger partial charge is 0.478 e. The average Bonchev–Trinajstić information content (AvgIpc) is 2.25. The molecule has 82 valence electrons. The van der Waals surface area contributed by atoms with Crippen molar-refractivity contribution >= 4 is 17.7 Å². The molecular weight excluding hydrogens is 216 g/mol. The number of rotatable bonds is 6. The lowest BCUT2D eigenvalue weighted by Gasteiger charge is -2.02. The van der Waals surface area contributed by atoms with Crippen molar-refractivity contribution in [3.8, 4) is 0 Å². The smallest absolute Gasteiger partial charge is 0.338 e. The molecule has 1 aromatic heterocycles. The lowest BCUT2D eigenvalue weighted by atomic mass is 10.3. The van der Waals surface area contributed by atoms with Crippen molar-refractivity contribution < 1.29 is 14.6 Å². The van der Waals surface area contributed by atoms with Gasteiger partial charge in [0.25, 0.3) is 0 Å². The fraction of sp³-hybridized carbons (Fsp3) is 0.444. The van der Waals surface area contributed by atoms with E-state index in [2.05, 4.69) is 10.2 Å². The van der Waals surface area contributed by atoms with Crippen LogP contribution < -0.4 is 0 Å². The van der Waals surface area contributed by atoms with E-state index in [4.69, 9.17) is 9.84 Å². The molecule has 5 nitrogen and oxygen atoms in total. The van der Waals surface area contributed by atoms with Gasteiger partial charge in [0, 0.05) is 19.5 Å². The van der Waals surface area contributed by atoms with Crippen molar-refractivity contribution in [2.45, 2.75) is 11.4 Å². The summed E-state index contributed by atoms with van der Waals surface area (Å²) in [6.07, 6.45) is 2.24. The van der Waals surface area contributed by atoms with Gasteiger partial charge in [0.1, 0.15) is 5.03 Å². The quantitative estimate of drug-likeness (QED) is 0.584. The van der Waals surface area contributed by atoms with Gasteiger partial charge in [0.05, 0.1) is 11.8 Å². The van der Waals surface area contributed by atoms with E-state index in [1.54, 1.807) is 7.11 Å². The van der Waals surface area contributed by atoms with Gasteiger partial charge in [-0.1, -0.05) is 0 Å². The number of nitrogens with zero attached hydrogens (tertiary/aromatic N) is 2. The Morgan fingerprint density at radius 1 is 1.67 bits per heavy atom. The molecule has 6 heteroatoms. The molecule has 1 N–H and O–H groups in total. The molecule has 1 rings (SSSR count). The molecule has 0 fully saturated rings. The van der Waals surface area contributed by atoms with Crippen LogP contribution in [0.25, 0.3) is 0 Å². The van der Waals surface area contributed by atoms with Crippen LogP contribution in [0, 0.1) is 0 Å². The van der Waals surface area contributed by atoms with Gasteiger partial charge >= 0.3 is 5.97 Å². The maximum absolute atomic E-state index is 10.8. The molecule has 1 heterocycles. The van der Waals surface area contributed by atoms with E-state index in [-0.39, 0.29) is 5.56 Å². The number of carbonyl (C=O) groups is 1. The fourth-order valence-corrected chi connectivity index (χ4v) is 1.83. The maximum Gasteiger partial charge on any atom is 0.338 e. The van der Waals surface area contributed by atoms with E-state index in [0.717, 1.165) is 12.2 Å². The van der Waals surface area contributed by atoms with Crippen molar-refractivity contribution in [2.75, 3.05) is 19.5 Å². The Morgan fingerprint density at radius 2 is 2.47 bits per heavy atom. The monoisotopic (exact) mass is 228 g/mol. The van der Waals surface area contributed by atoms with Crippen LogP contribution in [0.1, 0.15) is 16.8 Å². The summed E-state index contributed by atoms with van der Waals surface area (Å²) in [4.78, 5) is 10.8. The molecule has 0 aromatic carbocycles. The van der Waals surface area contributed by atoms with Crippen molar-refractivity contribution in [2.24, 2.45) is 0 Å². The number of ether oxygens (including phenoxy) is 1. The number of hydrogen-bond acceptors (Lipinski definition) is 5. The first kappa shape index (κ1) is 11.9. The molecule has 0 radical (unpaired) electrons. The van der Waals surface area contributed by atoms with Crippen LogP contribution >= 0.6 is 11.8 Å². The SMILES string of the molecule is COCCCSc1nnccc1C(=O)O. The Balaban J connectivity index is 2.56. The van der Waals surface area contributed by atoms with Gasteiger partial charge in [-0.2, -0.15) is 5.10 Å². The third-order valence-corrected chi connectivity index (χ3v) is 2.72. The lowest BCUT2D eigenvalue weighted by molar-refractivity contribution is 0.0692. The molecule has 0 amide bonds. The first-order chi connectivity index (χ1) is 7.25. The van der Waals surface area contributed by atoms with Gasteiger partial charge in [-0.3, -0.25) is 0 Å². The summed E-state index contributed by atoms with van der Waals surface area (Å²) in [6.45, 7) is 0.662. The molecule has 0 saturated carbocycles. The number of methoxy groups -OCH3 is 1. The Morgan fingerprint density at radius 3 is 3.13 bits per heavy atom. The summed E-state index contributed by atoms with van der Waals surface area (Å²) in [5, 5.41) is 16.8. The molecule has 15 heavy (non-hydrogen) atoms. The Kier molecular flexibility index (Phi) is 5.06. The minimum absolute atomic E-state index is 0.201. The van der Waals surface area contributed by atoms with Gasteiger partial charge in [0.15, 0.2) is 0 Å². The standard InChI is InChI=1S/C9H12N2O3S/c1-14-5-2-6-15-8-7(9(12)13)3-4-10-11-8/h3-4H,2,5-6H2,1H3,(H,12,13). The zero-order chi connectivity index (χ0) is 11.1. The summed E-state index contributed by atoms with van der Waals surface area (Å²) in [6, 6.07) is 1.45. The molecular formula is C9H12N2O3S. The van der Waals surface area contributed by atoms with Crippen molar-refractivity contribution in [1.29, 1.82) is 0 Å². The van der Waals surface area contributed by atoms with E-state index < -0.39 is 5.97 Å². The second-order valence-corrected chi connectivity index (χ2v) is 3.83. The molecule has 0 aliphatic carbocycles. The molecule has 1 aromatic rings. The number of aromatic nitrogens is 2. The number of aromatic carboxylic acids is 1. The first-order valence-corrected chi connectivity index (χ1v) is 5.41. The van der Waals surface area contributed by atoms with Gasteiger partial charge in [-0.05, 0) is 12.5 Å². The minimum Gasteiger partial charge on any atom is -0.478 e. The Hall–Kier alpha value is -1.14. The Labute approximate surface area is 91.9 Å². The lowest BCUT2D eigenvalue weighted by Crippen LogP contribution is -2.02. The van der Waals surface area contributed by atoms with Crippen LogP contribution in [0.4, 0.5) is 0 Å². The average molecular weight is 228 g/mol. The summed E-state index contributed by atoms with van der Waals surface area (Å²) >= 11 is 1.38. The van der Waals surface area contributed by atoms with E-state index >= 15 is 0 Å². The highest BCUT2D eigenvalue weighted by Crippen LogP contribution is 2.19. The summed E-state index contributed by atoms with van der Waals surface area (Å²) in [7, 11) is 1.63. The molecule has 0 bridgehead atoms. The molecule has 0 saturated heterocycles. The summed E-state index contributed by atoms with van der Waals surface area (Å²) in [5.41, 5.74) is 0.201. The highest BCUT2D eigenvalue weighted by Gasteiger charge is 2.11. The van der Waals surface area contributed by atoms with Gasteiger partial charge in [-0.15, -0.1) is 16.9 Å². The van der Waals surface area contributed by atoms with Gasteiger partial charge in [0.2, 0.25) is 0 Å². The highest BCUT2D eigenvalue weighted by atomic mass is 32.2. The molecule has 0 unspecified atom stereocenters. The number of thioether (sulfide) groups is 1. The van der Waals surface area contributed by atoms with E-state index in [1.165, 1.54) is 24.0 Å². The second kappa shape index (κ2) is 6.36. The highest BCUT2D eigenvalue weighted by molar-refractivity contribution is 7.99. The van der Waals surface area contributed by atoms with Gasteiger partial charge < -0.3 is 9.84 Å². The van der Waals surface area contributed by atoms with Crippen molar-refractivity contribution in [1.82, 2.24) is 10.2 Å². The minimum atomic E-state index is -0.973. The second-order valence-electron chi connectivity index (χ2n) is 2.75. The number of carboxylic acid groups (broad SMARTS) is 1. The van der Waals surface area contributed by atoms with Gasteiger partial charge in [-0.25, -0.2) is 4.79 Å². The Bertz CT molecular complexity index is 333. The van der Waals surface area contributed by atoms with Crippen LogP contribution in [0.2, 0.25) is 0 Å². The van der Waals surface area contributed by atoms with Crippen LogP contribution in [0.5, 0.6) is 0 Å². The predicted molar refractivity (Wildman–Crippen MR) is 56.2 cm³/mol. The molecule has 0 aliphatic heterocycles. The topological polar surface area (TPSA) is 72.3 Å².